The second kappa shape index (κ2) is 11.6. The Morgan fingerprint density at radius 3 is 1.85 bits per heavy atom. The number of hydrogen-bond acceptors (Lipinski definition) is 4. The van der Waals surface area contributed by atoms with Gasteiger partial charge in [-0.25, -0.2) is 11.8 Å². The van der Waals surface area contributed by atoms with Crippen molar-refractivity contribution in [1.29, 1.82) is 0 Å². The van der Waals surface area contributed by atoms with Crippen LogP contribution in [0, 0.1) is 11.8 Å². The second-order valence-electron chi connectivity index (χ2n) is 4.65. The maximum absolute atomic E-state index is 10.8. The molecule has 0 aromatic carbocycles. The van der Waals surface area contributed by atoms with Gasteiger partial charge in [-0.05, 0) is 11.8 Å². The van der Waals surface area contributed by atoms with Crippen LogP contribution in [0.3, 0.4) is 0 Å². The first-order valence-electron chi connectivity index (χ1n) is 5.74. The van der Waals surface area contributed by atoms with Crippen LogP contribution in [0.1, 0.15) is 27.7 Å². The summed E-state index contributed by atoms with van der Waals surface area (Å²) in [5.74, 6) is 0.317. The summed E-state index contributed by atoms with van der Waals surface area (Å²) in [6, 6.07) is 0. The SMILES string of the molecule is CC(C)C1O[C-]=NC1=O.CC(C)C1S[C-]=NC1=O.[Y].[Y]. The van der Waals surface area contributed by atoms with Gasteiger partial charge in [0.2, 0.25) is 0 Å². The average Bonchev–Trinajstić information content (AvgIpc) is 2.87. The molecule has 8 heteroatoms. The number of aliphatic imine (C=N–C) groups is 2. The van der Waals surface area contributed by atoms with Crippen molar-refractivity contribution in [2.75, 3.05) is 0 Å². The van der Waals surface area contributed by atoms with E-state index in [0.717, 1.165) is 0 Å². The molecule has 0 saturated carbocycles. The van der Waals surface area contributed by atoms with E-state index in [-0.39, 0.29) is 94.5 Å². The Morgan fingerprint density at radius 1 is 1.05 bits per heavy atom. The number of carbonyl (C=O) groups is 2. The van der Waals surface area contributed by atoms with Gasteiger partial charge in [0.15, 0.2) is 0 Å². The van der Waals surface area contributed by atoms with Crippen LogP contribution in [0.4, 0.5) is 0 Å². The van der Waals surface area contributed by atoms with Gasteiger partial charge in [-0.1, -0.05) is 27.7 Å². The zero-order chi connectivity index (χ0) is 13.7. The first kappa shape index (κ1) is 23.3. The minimum Gasteiger partial charge on any atom is -0.578 e. The zero-order valence-electron chi connectivity index (χ0n) is 12.0. The Kier molecular flexibility index (Phi) is 13.5. The summed E-state index contributed by atoms with van der Waals surface area (Å²) in [6.45, 7) is 7.84. The quantitative estimate of drug-likeness (QED) is 0.606. The van der Waals surface area contributed by atoms with E-state index < -0.39 is 0 Å². The Balaban J connectivity index is 0. The predicted octanol–water partition coefficient (Wildman–Crippen LogP) is 1.66. The maximum atomic E-state index is 10.8. The van der Waals surface area contributed by atoms with Gasteiger partial charge in [-0.15, -0.1) is 5.55 Å². The molecule has 0 N–H and O–H groups in total. The summed E-state index contributed by atoms with van der Waals surface area (Å²) in [7, 11) is 0. The molecule has 0 bridgehead atoms. The average molecular weight is 446 g/mol. The Morgan fingerprint density at radius 2 is 1.65 bits per heavy atom. The first-order chi connectivity index (χ1) is 8.43. The molecule has 20 heavy (non-hydrogen) atoms. The summed E-state index contributed by atoms with van der Waals surface area (Å²) in [5.41, 5.74) is 2.60. The molecule has 2 radical (unpaired) electrons. The van der Waals surface area contributed by atoms with Crippen molar-refractivity contribution in [1.82, 2.24) is 0 Å². The number of thioether (sulfide) groups is 1. The summed E-state index contributed by atoms with van der Waals surface area (Å²) in [5, 5.41) is 0.0324. The fourth-order valence-corrected chi connectivity index (χ4v) is 2.01. The molecule has 5 nitrogen and oxygen atoms in total. The second-order valence-corrected chi connectivity index (χ2v) is 5.57. The van der Waals surface area contributed by atoms with Gasteiger partial charge >= 0.3 is 0 Å². The van der Waals surface area contributed by atoms with Gasteiger partial charge in [-0.2, -0.15) is 0 Å². The largest absolute Gasteiger partial charge is 0.578 e. The van der Waals surface area contributed by atoms with Crippen LogP contribution in [-0.2, 0) is 79.7 Å². The zero-order valence-corrected chi connectivity index (χ0v) is 18.5. The van der Waals surface area contributed by atoms with E-state index in [1.54, 1.807) is 0 Å². The monoisotopic (exact) mass is 446 g/mol. The third-order valence-corrected chi connectivity index (χ3v) is 3.57. The molecule has 2 unspecified atom stereocenters. The van der Waals surface area contributed by atoms with Crippen molar-refractivity contribution >= 4 is 35.5 Å². The van der Waals surface area contributed by atoms with Gasteiger partial charge in [-0.3, -0.25) is 0 Å². The topological polar surface area (TPSA) is 68.1 Å². The molecule has 0 aliphatic carbocycles. The van der Waals surface area contributed by atoms with Gasteiger partial charge in [0, 0.05) is 77.1 Å². The van der Waals surface area contributed by atoms with Crippen molar-refractivity contribution in [2.24, 2.45) is 21.8 Å². The summed E-state index contributed by atoms with van der Waals surface area (Å²) in [4.78, 5) is 28.3. The molecule has 0 fully saturated rings. The van der Waals surface area contributed by atoms with E-state index in [1.165, 1.54) is 11.8 Å². The fraction of sp³-hybridized carbons (Fsp3) is 0.667. The summed E-state index contributed by atoms with van der Waals surface area (Å²) in [6.07, 6.45) is 1.79. The number of amides is 2. The van der Waals surface area contributed by atoms with E-state index in [9.17, 15) is 9.59 Å². The van der Waals surface area contributed by atoms with E-state index in [0.29, 0.717) is 5.92 Å². The van der Waals surface area contributed by atoms with Gasteiger partial charge < -0.3 is 24.3 Å². The third-order valence-electron chi connectivity index (χ3n) is 2.37. The number of rotatable bonds is 2. The third kappa shape index (κ3) is 7.35. The number of carbonyl (C=O) groups excluding carboxylic acids is 2. The normalized spacial score (nSPS) is 23.1. The molecule has 2 rings (SSSR count). The molecule has 0 spiro atoms. The van der Waals surface area contributed by atoms with Crippen molar-refractivity contribution in [2.45, 2.75) is 39.0 Å². The molecule has 2 atom stereocenters. The molecule has 0 aromatic heterocycles. The van der Waals surface area contributed by atoms with Crippen molar-refractivity contribution in [3.63, 3.8) is 0 Å². The molecule has 106 valence electrons. The molecular weight excluding hydrogens is 430 g/mol. The molecule has 2 amide bonds. The van der Waals surface area contributed by atoms with Crippen LogP contribution in [-0.4, -0.2) is 35.1 Å². The fourth-order valence-electron chi connectivity index (χ4n) is 1.33. The number of ether oxygens (including phenoxy) is 1. The van der Waals surface area contributed by atoms with Crippen LogP contribution in [0.15, 0.2) is 9.98 Å². The Bertz CT molecular complexity index is 351. The van der Waals surface area contributed by atoms with Gasteiger partial charge in [0.25, 0.3) is 0 Å². The predicted molar refractivity (Wildman–Crippen MR) is 70.8 cm³/mol. The van der Waals surface area contributed by atoms with Crippen molar-refractivity contribution in [3.05, 3.63) is 0 Å². The molecule has 0 saturated heterocycles. The molecule has 2 aliphatic rings. The maximum Gasteiger partial charge on any atom is 0.128 e. The standard InChI is InChI=1S/C6H8NO2.C6H8NOS.2Y/c2*1-4(2)5-6(8)7-3-9-5;;/h2*4-5H,1-2H3;;/q2*-1;;. The molecular formula is C12H16N2O3SY2-2. The summed E-state index contributed by atoms with van der Waals surface area (Å²) < 4.78 is 4.76. The number of nitrogens with zero attached hydrogens (tertiary/aromatic N) is 2. The van der Waals surface area contributed by atoms with Crippen molar-refractivity contribution in [3.8, 4) is 0 Å². The van der Waals surface area contributed by atoms with E-state index >= 15 is 0 Å². The van der Waals surface area contributed by atoms with Crippen molar-refractivity contribution < 1.29 is 79.7 Å². The van der Waals surface area contributed by atoms with E-state index in [2.05, 4.69) is 21.9 Å². The Hall–Kier alpha value is 1.04. The van der Waals surface area contributed by atoms with Crippen LogP contribution in [0.2, 0.25) is 0 Å². The molecule has 0 aromatic rings. The van der Waals surface area contributed by atoms with E-state index in [4.69, 9.17) is 4.74 Å². The first-order valence-corrected chi connectivity index (χ1v) is 6.62. The minimum atomic E-state index is -0.384. The van der Waals surface area contributed by atoms with Crippen LogP contribution < -0.4 is 0 Å². The van der Waals surface area contributed by atoms with Crippen LogP contribution in [0.5, 0.6) is 0 Å². The minimum absolute atomic E-state index is 0. The molecule has 2 heterocycles. The smallest absolute Gasteiger partial charge is 0.128 e. The van der Waals surface area contributed by atoms with E-state index in [1.807, 2.05) is 27.7 Å². The van der Waals surface area contributed by atoms with Gasteiger partial charge in [0.1, 0.15) is 5.91 Å². The van der Waals surface area contributed by atoms with Crippen LogP contribution in [0.25, 0.3) is 0 Å². The van der Waals surface area contributed by atoms with Gasteiger partial charge in [0.05, 0.1) is 12.0 Å². The molecule has 2 aliphatic heterocycles. The summed E-state index contributed by atoms with van der Waals surface area (Å²) >= 11 is 1.39. The number of hydrogen-bond donors (Lipinski definition) is 0. The Labute approximate surface area is 174 Å². The van der Waals surface area contributed by atoms with Crippen LogP contribution >= 0.6 is 11.8 Å².